The molecule has 2 atom stereocenters. The second-order valence-corrected chi connectivity index (χ2v) is 7.50. The summed E-state index contributed by atoms with van der Waals surface area (Å²) in [6.45, 7) is 7.53. The van der Waals surface area contributed by atoms with Crippen molar-refractivity contribution in [2.45, 2.75) is 44.0 Å². The molecule has 0 bridgehead atoms. The third-order valence-corrected chi connectivity index (χ3v) is 6.49. The van der Waals surface area contributed by atoms with Crippen molar-refractivity contribution in [2.75, 3.05) is 18.8 Å². The summed E-state index contributed by atoms with van der Waals surface area (Å²) in [6.07, 6.45) is 2.55. The summed E-state index contributed by atoms with van der Waals surface area (Å²) in [5, 5.41) is 2.80. The number of hydrogen-bond acceptors (Lipinski definition) is 4. The number of nitrogens with two attached hydrogens (primary N) is 1. The maximum atomic E-state index is 6.18. The normalized spacial score (nSPS) is 28.8. The molecule has 1 aromatic heterocycles. The first-order valence-electron chi connectivity index (χ1n) is 6.82. The van der Waals surface area contributed by atoms with E-state index in [0.717, 1.165) is 19.6 Å². The van der Waals surface area contributed by atoms with Crippen molar-refractivity contribution in [3.63, 3.8) is 0 Å². The molecular weight excluding hydrogens is 260 g/mol. The maximum absolute atomic E-state index is 6.18. The minimum absolute atomic E-state index is 0.196. The number of rotatable bonds is 5. The molecule has 1 aliphatic rings. The highest BCUT2D eigenvalue weighted by molar-refractivity contribution is 8.00. The topological polar surface area (TPSA) is 29.3 Å². The lowest BCUT2D eigenvalue weighted by molar-refractivity contribution is 0.0806. The Bertz CT molecular complexity index is 353. The Kier molecular flexibility index (Phi) is 5.13. The Hall–Kier alpha value is -0.0300. The molecule has 2 rings (SSSR count). The van der Waals surface area contributed by atoms with Crippen LogP contribution in [0.2, 0.25) is 0 Å². The average molecular weight is 284 g/mol. The van der Waals surface area contributed by atoms with E-state index >= 15 is 0 Å². The smallest absolute Gasteiger partial charge is 0.0451 e. The van der Waals surface area contributed by atoms with Crippen LogP contribution < -0.4 is 5.73 Å². The zero-order chi connectivity index (χ0) is 13.0. The van der Waals surface area contributed by atoms with Crippen LogP contribution in [0.15, 0.2) is 17.5 Å². The third kappa shape index (κ3) is 2.77. The van der Waals surface area contributed by atoms with Gasteiger partial charge in [-0.25, -0.2) is 0 Å². The number of thiophene rings is 1. The van der Waals surface area contributed by atoms with Crippen LogP contribution in [0.5, 0.6) is 0 Å². The molecule has 4 heteroatoms. The molecule has 1 aliphatic heterocycles. The van der Waals surface area contributed by atoms with E-state index in [1.54, 1.807) is 0 Å². The fourth-order valence-corrected chi connectivity index (χ4v) is 5.04. The SMILES string of the molecule is CCN(Cc1cccs1)C1(CN)CCCSC1C. The Morgan fingerprint density at radius 2 is 2.39 bits per heavy atom. The Morgan fingerprint density at radius 3 is 2.94 bits per heavy atom. The summed E-state index contributed by atoms with van der Waals surface area (Å²) in [5.41, 5.74) is 6.38. The monoisotopic (exact) mass is 284 g/mol. The number of nitrogens with zero attached hydrogens (tertiary/aromatic N) is 1. The van der Waals surface area contributed by atoms with E-state index in [-0.39, 0.29) is 5.54 Å². The molecule has 1 fully saturated rings. The largest absolute Gasteiger partial charge is 0.329 e. The lowest BCUT2D eigenvalue weighted by Gasteiger charge is -2.49. The van der Waals surface area contributed by atoms with Crippen LogP contribution in [-0.4, -0.2) is 34.5 Å². The van der Waals surface area contributed by atoms with Crippen LogP contribution in [0.25, 0.3) is 0 Å². The first kappa shape index (κ1) is 14.4. The summed E-state index contributed by atoms with van der Waals surface area (Å²) in [4.78, 5) is 4.06. The molecule has 0 amide bonds. The van der Waals surface area contributed by atoms with Crippen molar-refractivity contribution in [1.29, 1.82) is 0 Å². The van der Waals surface area contributed by atoms with Gasteiger partial charge in [-0.15, -0.1) is 11.3 Å². The highest BCUT2D eigenvalue weighted by Crippen LogP contribution is 2.38. The van der Waals surface area contributed by atoms with Crippen molar-refractivity contribution >= 4 is 23.1 Å². The Balaban J connectivity index is 2.17. The molecule has 2 unspecified atom stereocenters. The van der Waals surface area contributed by atoms with Crippen LogP contribution in [0, 0.1) is 0 Å². The lowest BCUT2D eigenvalue weighted by Crippen LogP contribution is -2.60. The maximum Gasteiger partial charge on any atom is 0.0451 e. The fraction of sp³-hybridized carbons (Fsp3) is 0.714. The standard InChI is InChI=1S/C14H24N2S2/c1-3-16(10-13-6-4-8-18-13)14(11-15)7-5-9-17-12(14)2/h4,6,8,12H,3,5,7,9-11,15H2,1-2H3. The van der Waals surface area contributed by atoms with Gasteiger partial charge in [0.25, 0.3) is 0 Å². The van der Waals surface area contributed by atoms with Gasteiger partial charge in [-0.3, -0.25) is 4.90 Å². The predicted octanol–water partition coefficient (Wildman–Crippen LogP) is 3.18. The van der Waals surface area contributed by atoms with Gasteiger partial charge in [0, 0.05) is 28.8 Å². The quantitative estimate of drug-likeness (QED) is 0.900. The molecule has 1 aromatic rings. The van der Waals surface area contributed by atoms with Crippen molar-refractivity contribution in [3.8, 4) is 0 Å². The predicted molar refractivity (Wildman–Crippen MR) is 83.3 cm³/mol. The lowest BCUT2D eigenvalue weighted by atomic mass is 9.87. The van der Waals surface area contributed by atoms with E-state index in [2.05, 4.69) is 48.0 Å². The van der Waals surface area contributed by atoms with Gasteiger partial charge in [-0.05, 0) is 36.6 Å². The van der Waals surface area contributed by atoms with Crippen LogP contribution >= 0.6 is 23.1 Å². The van der Waals surface area contributed by atoms with Crippen molar-refractivity contribution in [1.82, 2.24) is 4.90 Å². The third-order valence-electron chi connectivity index (χ3n) is 4.17. The number of thioether (sulfide) groups is 1. The molecule has 0 spiro atoms. The first-order valence-corrected chi connectivity index (χ1v) is 8.75. The van der Waals surface area contributed by atoms with Gasteiger partial charge in [0.05, 0.1) is 0 Å². The summed E-state index contributed by atoms with van der Waals surface area (Å²) in [5.74, 6) is 1.29. The van der Waals surface area contributed by atoms with E-state index in [9.17, 15) is 0 Å². The van der Waals surface area contributed by atoms with E-state index in [0.29, 0.717) is 5.25 Å². The van der Waals surface area contributed by atoms with Gasteiger partial charge in [0.15, 0.2) is 0 Å². The average Bonchev–Trinajstić information content (AvgIpc) is 2.90. The van der Waals surface area contributed by atoms with Gasteiger partial charge < -0.3 is 5.73 Å². The summed E-state index contributed by atoms with van der Waals surface area (Å²) < 4.78 is 0. The first-order chi connectivity index (χ1) is 8.73. The number of likely N-dealkylation sites (N-methyl/N-ethyl adjacent to an activating group) is 1. The fourth-order valence-electron chi connectivity index (χ4n) is 2.98. The Morgan fingerprint density at radius 1 is 1.56 bits per heavy atom. The van der Waals surface area contributed by atoms with Gasteiger partial charge in [-0.1, -0.05) is 19.9 Å². The highest BCUT2D eigenvalue weighted by atomic mass is 32.2. The molecule has 102 valence electrons. The van der Waals surface area contributed by atoms with Crippen LogP contribution in [0.4, 0.5) is 0 Å². The van der Waals surface area contributed by atoms with E-state index in [1.807, 2.05) is 11.3 Å². The summed E-state index contributed by atoms with van der Waals surface area (Å²) >= 11 is 3.94. The molecule has 2 heterocycles. The molecule has 0 radical (unpaired) electrons. The minimum atomic E-state index is 0.196. The van der Waals surface area contributed by atoms with Gasteiger partial charge in [-0.2, -0.15) is 11.8 Å². The summed E-state index contributed by atoms with van der Waals surface area (Å²) in [6, 6.07) is 4.38. The molecule has 18 heavy (non-hydrogen) atoms. The van der Waals surface area contributed by atoms with Gasteiger partial charge in [0.1, 0.15) is 0 Å². The zero-order valence-corrected chi connectivity index (χ0v) is 13.0. The van der Waals surface area contributed by atoms with Gasteiger partial charge >= 0.3 is 0 Å². The van der Waals surface area contributed by atoms with Gasteiger partial charge in [0.2, 0.25) is 0 Å². The molecule has 2 nitrogen and oxygen atoms in total. The van der Waals surface area contributed by atoms with E-state index in [4.69, 9.17) is 5.73 Å². The zero-order valence-electron chi connectivity index (χ0n) is 11.4. The second-order valence-electron chi connectivity index (χ2n) is 5.02. The Labute approximate surface area is 119 Å². The van der Waals surface area contributed by atoms with E-state index in [1.165, 1.54) is 23.5 Å². The second kappa shape index (κ2) is 6.42. The molecule has 0 aromatic carbocycles. The molecule has 2 N–H and O–H groups in total. The van der Waals surface area contributed by atoms with Crippen LogP contribution in [-0.2, 0) is 6.54 Å². The molecular formula is C14H24N2S2. The molecule has 0 aliphatic carbocycles. The van der Waals surface area contributed by atoms with Crippen LogP contribution in [0.3, 0.4) is 0 Å². The highest BCUT2D eigenvalue weighted by Gasteiger charge is 2.42. The minimum Gasteiger partial charge on any atom is -0.329 e. The summed E-state index contributed by atoms with van der Waals surface area (Å²) in [7, 11) is 0. The molecule has 0 saturated carbocycles. The van der Waals surface area contributed by atoms with E-state index < -0.39 is 0 Å². The van der Waals surface area contributed by atoms with Crippen molar-refractivity contribution < 1.29 is 0 Å². The van der Waals surface area contributed by atoms with Crippen molar-refractivity contribution in [3.05, 3.63) is 22.4 Å². The van der Waals surface area contributed by atoms with Crippen LogP contribution in [0.1, 0.15) is 31.6 Å². The van der Waals surface area contributed by atoms with Crippen molar-refractivity contribution in [2.24, 2.45) is 5.73 Å². The molecule has 1 saturated heterocycles. The number of hydrogen-bond donors (Lipinski definition) is 1.